The third kappa shape index (κ3) is 6.53. The van der Waals surface area contributed by atoms with E-state index in [2.05, 4.69) is 13.8 Å². The highest BCUT2D eigenvalue weighted by Gasteiger charge is 2.03. The molecule has 0 N–H and O–H groups in total. The molecule has 0 aliphatic carbocycles. The molecular formula is C8H20O2Si. The lowest BCUT2D eigenvalue weighted by Crippen LogP contribution is -2.14. The molecule has 0 aromatic rings. The van der Waals surface area contributed by atoms with Crippen LogP contribution < -0.4 is 0 Å². The zero-order valence-corrected chi connectivity index (χ0v) is 9.93. The third-order valence-electron chi connectivity index (χ3n) is 1.71. The highest BCUT2D eigenvalue weighted by molar-refractivity contribution is 5.97. The van der Waals surface area contributed by atoms with E-state index >= 15 is 0 Å². The maximum absolute atomic E-state index is 5.57. The average Bonchev–Trinajstić information content (AvgIpc) is 2.03. The molecule has 0 spiro atoms. The van der Waals surface area contributed by atoms with E-state index in [0.717, 1.165) is 30.1 Å². The molecule has 0 bridgehead atoms. The van der Waals surface area contributed by atoms with Gasteiger partial charge in [-0.2, -0.15) is 0 Å². The molecule has 1 atom stereocenters. The first-order valence-corrected chi connectivity index (χ1v) is 5.27. The van der Waals surface area contributed by atoms with Crippen LogP contribution >= 0.6 is 0 Å². The maximum atomic E-state index is 5.57. The summed E-state index contributed by atoms with van der Waals surface area (Å²) in [7, 11) is 0.823. The molecule has 11 heavy (non-hydrogen) atoms. The van der Waals surface area contributed by atoms with Crippen LogP contribution in [-0.4, -0.2) is 29.8 Å². The van der Waals surface area contributed by atoms with Gasteiger partial charge in [0.05, 0.1) is 19.3 Å². The van der Waals surface area contributed by atoms with E-state index in [4.69, 9.17) is 9.16 Å². The number of rotatable bonds is 7. The summed E-state index contributed by atoms with van der Waals surface area (Å²) < 4.78 is 10.6. The fourth-order valence-corrected chi connectivity index (χ4v) is 1.19. The first-order valence-electron chi connectivity index (χ1n) is 4.45. The van der Waals surface area contributed by atoms with Crippen LogP contribution in [0, 0.1) is 0 Å². The maximum Gasteiger partial charge on any atom is 0.146 e. The predicted molar refractivity (Wildman–Crippen MR) is 50.8 cm³/mol. The molecule has 0 aliphatic rings. The van der Waals surface area contributed by atoms with Gasteiger partial charge in [-0.25, -0.2) is 0 Å². The Morgan fingerprint density at radius 1 is 1.27 bits per heavy atom. The van der Waals surface area contributed by atoms with E-state index in [9.17, 15) is 0 Å². The minimum Gasteiger partial charge on any atom is -0.426 e. The van der Waals surface area contributed by atoms with E-state index in [1.807, 2.05) is 0 Å². The molecule has 0 fully saturated rings. The van der Waals surface area contributed by atoms with Crippen molar-refractivity contribution < 1.29 is 9.16 Å². The van der Waals surface area contributed by atoms with Gasteiger partial charge >= 0.3 is 0 Å². The summed E-state index contributed by atoms with van der Waals surface area (Å²) in [4.78, 5) is 0. The Kier molecular flexibility index (Phi) is 8.34. The van der Waals surface area contributed by atoms with Gasteiger partial charge < -0.3 is 9.16 Å². The normalized spacial score (nSPS) is 13.6. The van der Waals surface area contributed by atoms with E-state index in [0.29, 0.717) is 6.10 Å². The quantitative estimate of drug-likeness (QED) is 0.423. The number of hydrogen-bond donors (Lipinski definition) is 0. The van der Waals surface area contributed by atoms with Gasteiger partial charge in [-0.15, -0.1) is 0 Å². The van der Waals surface area contributed by atoms with E-state index < -0.39 is 0 Å². The third-order valence-corrected chi connectivity index (χ3v) is 2.12. The van der Waals surface area contributed by atoms with Crippen molar-refractivity contribution in [1.29, 1.82) is 0 Å². The van der Waals surface area contributed by atoms with Crippen molar-refractivity contribution in [2.24, 2.45) is 0 Å². The summed E-state index contributed by atoms with van der Waals surface area (Å²) in [6.07, 6.45) is 3.96. The molecule has 0 aliphatic heterocycles. The molecule has 0 heterocycles. The molecule has 0 aromatic heterocycles. The Morgan fingerprint density at radius 2 is 2.00 bits per heavy atom. The van der Waals surface area contributed by atoms with Gasteiger partial charge in [0.2, 0.25) is 0 Å². The second-order valence-corrected chi connectivity index (χ2v) is 3.26. The molecule has 0 radical (unpaired) electrons. The number of hydrogen-bond acceptors (Lipinski definition) is 2. The van der Waals surface area contributed by atoms with Gasteiger partial charge in [-0.05, 0) is 12.8 Å². The van der Waals surface area contributed by atoms with Crippen LogP contribution in [0.2, 0.25) is 0 Å². The van der Waals surface area contributed by atoms with Crippen LogP contribution in [0.15, 0.2) is 0 Å². The standard InChI is InChI=1S/C8H20O2Si/c1-3-5-8(4-2)9-6-7-10-11/h8H,3-7H2,1-2,11H3. The topological polar surface area (TPSA) is 18.5 Å². The molecule has 68 valence electrons. The van der Waals surface area contributed by atoms with Gasteiger partial charge in [-0.3, -0.25) is 0 Å². The Bertz CT molecular complexity index is 78.5. The van der Waals surface area contributed by atoms with Gasteiger partial charge in [0.15, 0.2) is 0 Å². The van der Waals surface area contributed by atoms with Crippen LogP contribution in [0.3, 0.4) is 0 Å². The lowest BCUT2D eigenvalue weighted by molar-refractivity contribution is 0.0278. The molecule has 0 rings (SSSR count). The molecule has 0 saturated carbocycles. The minimum absolute atomic E-state index is 0.455. The van der Waals surface area contributed by atoms with Crippen LogP contribution in [0.1, 0.15) is 33.1 Å². The van der Waals surface area contributed by atoms with Gasteiger partial charge in [0.1, 0.15) is 10.5 Å². The molecule has 0 saturated heterocycles. The van der Waals surface area contributed by atoms with Gasteiger partial charge in [-0.1, -0.05) is 20.3 Å². The van der Waals surface area contributed by atoms with Crippen molar-refractivity contribution in [3.05, 3.63) is 0 Å². The van der Waals surface area contributed by atoms with Gasteiger partial charge in [0, 0.05) is 0 Å². The molecule has 3 heteroatoms. The van der Waals surface area contributed by atoms with Crippen LogP contribution in [0.4, 0.5) is 0 Å². The Labute approximate surface area is 72.8 Å². The highest BCUT2D eigenvalue weighted by atomic mass is 28.2. The minimum atomic E-state index is 0.455. The summed E-state index contributed by atoms with van der Waals surface area (Å²) in [6, 6.07) is 0. The predicted octanol–water partition coefficient (Wildman–Crippen LogP) is 0.879. The zero-order valence-electron chi connectivity index (χ0n) is 7.93. The molecule has 0 amide bonds. The largest absolute Gasteiger partial charge is 0.426 e. The lowest BCUT2D eigenvalue weighted by Gasteiger charge is -2.14. The summed E-state index contributed by atoms with van der Waals surface area (Å²) in [5.74, 6) is 0. The molecular weight excluding hydrogens is 156 g/mol. The first kappa shape index (κ1) is 11.1. The SMILES string of the molecule is CCCC(CC)OCCO[SiH3]. The van der Waals surface area contributed by atoms with Crippen molar-refractivity contribution >= 4 is 10.5 Å². The molecule has 0 aromatic carbocycles. The van der Waals surface area contributed by atoms with Crippen LogP contribution in [0.5, 0.6) is 0 Å². The van der Waals surface area contributed by atoms with E-state index in [1.165, 1.54) is 12.8 Å². The summed E-state index contributed by atoms with van der Waals surface area (Å²) in [6.45, 7) is 5.89. The fourth-order valence-electron chi connectivity index (χ4n) is 1.03. The Hall–Kier alpha value is 0.137. The summed E-state index contributed by atoms with van der Waals surface area (Å²) in [5, 5.41) is 0. The van der Waals surface area contributed by atoms with Crippen molar-refractivity contribution in [3.63, 3.8) is 0 Å². The Morgan fingerprint density at radius 3 is 2.45 bits per heavy atom. The second kappa shape index (κ2) is 8.24. The molecule has 2 nitrogen and oxygen atoms in total. The van der Waals surface area contributed by atoms with Crippen molar-refractivity contribution in [2.75, 3.05) is 13.2 Å². The van der Waals surface area contributed by atoms with Crippen molar-refractivity contribution in [1.82, 2.24) is 0 Å². The average molecular weight is 176 g/mol. The van der Waals surface area contributed by atoms with Crippen LogP contribution in [-0.2, 0) is 9.16 Å². The highest BCUT2D eigenvalue weighted by Crippen LogP contribution is 2.05. The monoisotopic (exact) mass is 176 g/mol. The van der Waals surface area contributed by atoms with E-state index in [-0.39, 0.29) is 0 Å². The van der Waals surface area contributed by atoms with Crippen molar-refractivity contribution in [2.45, 2.75) is 39.2 Å². The Balaban J connectivity index is 3.20. The fraction of sp³-hybridized carbons (Fsp3) is 1.00. The van der Waals surface area contributed by atoms with E-state index in [1.54, 1.807) is 0 Å². The lowest BCUT2D eigenvalue weighted by atomic mass is 10.2. The van der Waals surface area contributed by atoms with Gasteiger partial charge in [0.25, 0.3) is 0 Å². The smallest absolute Gasteiger partial charge is 0.146 e. The first-order chi connectivity index (χ1) is 5.35. The van der Waals surface area contributed by atoms with Crippen molar-refractivity contribution in [3.8, 4) is 0 Å². The van der Waals surface area contributed by atoms with Crippen LogP contribution in [0.25, 0.3) is 0 Å². The zero-order chi connectivity index (χ0) is 8.53. The number of ether oxygens (including phenoxy) is 1. The summed E-state index contributed by atoms with van der Waals surface area (Å²) in [5.41, 5.74) is 0. The molecule has 1 unspecified atom stereocenters. The second-order valence-electron chi connectivity index (χ2n) is 2.68. The summed E-state index contributed by atoms with van der Waals surface area (Å²) >= 11 is 0.